The molecule has 2 rings (SSSR count). The van der Waals surface area contributed by atoms with Crippen LogP contribution in [0.15, 0.2) is 36.4 Å². The van der Waals surface area contributed by atoms with Crippen molar-refractivity contribution in [2.75, 3.05) is 13.7 Å². The fourth-order valence-corrected chi connectivity index (χ4v) is 2.31. The zero-order valence-electron chi connectivity index (χ0n) is 13.3. The summed E-state index contributed by atoms with van der Waals surface area (Å²) >= 11 is 0. The molecular formula is C17H17FN2O4. The molecule has 0 fully saturated rings. The number of hydrogen-bond acceptors (Lipinski definition) is 4. The van der Waals surface area contributed by atoms with Gasteiger partial charge in [-0.3, -0.25) is 14.9 Å². The van der Waals surface area contributed by atoms with Crippen molar-refractivity contribution in [2.45, 2.75) is 13.3 Å². The Morgan fingerprint density at radius 3 is 2.71 bits per heavy atom. The van der Waals surface area contributed by atoms with Crippen LogP contribution in [0.4, 0.5) is 10.1 Å². The molecule has 1 amide bonds. The lowest BCUT2D eigenvalue weighted by Crippen LogP contribution is -2.26. The molecule has 1 N–H and O–H groups in total. The molecule has 7 heteroatoms. The van der Waals surface area contributed by atoms with Gasteiger partial charge in [-0.2, -0.15) is 4.39 Å². The lowest BCUT2D eigenvalue weighted by atomic mass is 10.1. The Kier molecular flexibility index (Phi) is 5.47. The Balaban J connectivity index is 2.03. The van der Waals surface area contributed by atoms with Gasteiger partial charge in [0.25, 0.3) is 5.91 Å². The second-order valence-corrected chi connectivity index (χ2v) is 5.24. The SMILES string of the molecule is COc1ccc(C)cc1CCNC(=O)c1ccc(F)c([N+](=O)[O-])c1. The Hall–Kier alpha value is -2.96. The van der Waals surface area contributed by atoms with Crippen LogP contribution in [0.3, 0.4) is 0 Å². The van der Waals surface area contributed by atoms with Crippen LogP contribution < -0.4 is 10.1 Å². The molecule has 0 aromatic heterocycles. The van der Waals surface area contributed by atoms with E-state index < -0.39 is 22.3 Å². The quantitative estimate of drug-likeness (QED) is 0.651. The first-order valence-electron chi connectivity index (χ1n) is 7.28. The summed E-state index contributed by atoms with van der Waals surface area (Å²) in [5, 5.41) is 13.4. The minimum absolute atomic E-state index is 0.0410. The molecule has 0 atom stereocenters. The minimum atomic E-state index is -0.971. The monoisotopic (exact) mass is 332 g/mol. The largest absolute Gasteiger partial charge is 0.496 e. The van der Waals surface area contributed by atoms with Crippen molar-refractivity contribution in [1.82, 2.24) is 5.32 Å². The van der Waals surface area contributed by atoms with Crippen molar-refractivity contribution >= 4 is 11.6 Å². The Labute approximate surface area is 138 Å². The number of amides is 1. The number of carbonyl (C=O) groups excluding carboxylic acids is 1. The molecule has 0 spiro atoms. The van der Waals surface area contributed by atoms with Gasteiger partial charge in [-0.25, -0.2) is 0 Å². The van der Waals surface area contributed by atoms with Crippen LogP contribution in [0.2, 0.25) is 0 Å². The van der Waals surface area contributed by atoms with Gasteiger partial charge in [0.1, 0.15) is 5.75 Å². The number of nitro groups is 1. The number of aryl methyl sites for hydroxylation is 1. The molecule has 0 aliphatic rings. The summed E-state index contributed by atoms with van der Waals surface area (Å²) in [4.78, 5) is 21.9. The fourth-order valence-electron chi connectivity index (χ4n) is 2.31. The molecule has 0 saturated heterocycles. The van der Waals surface area contributed by atoms with E-state index in [1.807, 2.05) is 25.1 Å². The topological polar surface area (TPSA) is 81.5 Å². The van der Waals surface area contributed by atoms with E-state index in [1.54, 1.807) is 7.11 Å². The molecule has 0 radical (unpaired) electrons. The summed E-state index contributed by atoms with van der Waals surface area (Å²) < 4.78 is 18.6. The highest BCUT2D eigenvalue weighted by Crippen LogP contribution is 2.20. The highest BCUT2D eigenvalue weighted by Gasteiger charge is 2.17. The predicted octanol–water partition coefficient (Wildman–Crippen LogP) is 3.02. The fraction of sp³-hybridized carbons (Fsp3) is 0.235. The van der Waals surface area contributed by atoms with E-state index in [2.05, 4.69) is 5.32 Å². The maximum absolute atomic E-state index is 13.3. The number of halogens is 1. The first kappa shape index (κ1) is 17.4. The van der Waals surface area contributed by atoms with Crippen LogP contribution in [0.25, 0.3) is 0 Å². The van der Waals surface area contributed by atoms with Crippen molar-refractivity contribution in [3.05, 3.63) is 69.0 Å². The van der Waals surface area contributed by atoms with Gasteiger partial charge in [0.15, 0.2) is 0 Å². The molecule has 0 saturated carbocycles. The average molecular weight is 332 g/mol. The first-order chi connectivity index (χ1) is 11.4. The van der Waals surface area contributed by atoms with E-state index >= 15 is 0 Å². The highest BCUT2D eigenvalue weighted by molar-refractivity contribution is 5.94. The lowest BCUT2D eigenvalue weighted by molar-refractivity contribution is -0.387. The second kappa shape index (κ2) is 7.54. The lowest BCUT2D eigenvalue weighted by Gasteiger charge is -2.10. The Morgan fingerprint density at radius 2 is 2.04 bits per heavy atom. The molecule has 0 heterocycles. The van der Waals surface area contributed by atoms with Gasteiger partial charge < -0.3 is 10.1 Å². The number of nitrogens with one attached hydrogen (secondary N) is 1. The summed E-state index contributed by atoms with van der Waals surface area (Å²) in [5.74, 6) is -0.738. The number of rotatable bonds is 6. The molecule has 24 heavy (non-hydrogen) atoms. The molecule has 0 unspecified atom stereocenters. The molecule has 0 aliphatic carbocycles. The van der Waals surface area contributed by atoms with E-state index in [9.17, 15) is 19.3 Å². The number of carbonyl (C=O) groups is 1. The number of nitrogens with zero attached hydrogens (tertiary/aromatic N) is 1. The van der Waals surface area contributed by atoms with Crippen LogP contribution in [0.5, 0.6) is 5.75 Å². The number of methoxy groups -OCH3 is 1. The van der Waals surface area contributed by atoms with E-state index in [0.29, 0.717) is 13.0 Å². The summed E-state index contributed by atoms with van der Waals surface area (Å²) in [6.07, 6.45) is 0.542. The summed E-state index contributed by atoms with van der Waals surface area (Å²) in [5.41, 5.74) is 1.34. The van der Waals surface area contributed by atoms with Gasteiger partial charge >= 0.3 is 5.69 Å². The third-order valence-corrected chi connectivity index (χ3v) is 3.52. The molecule has 0 bridgehead atoms. The second-order valence-electron chi connectivity index (χ2n) is 5.24. The maximum atomic E-state index is 13.3. The van der Waals surface area contributed by atoms with E-state index in [0.717, 1.165) is 29.0 Å². The standard InChI is InChI=1S/C17H17FN2O4/c1-11-3-6-16(24-2)12(9-11)7-8-19-17(21)13-4-5-14(18)15(10-13)20(22)23/h3-6,9-10H,7-8H2,1-2H3,(H,19,21). The van der Waals surface area contributed by atoms with Gasteiger partial charge in [0.05, 0.1) is 12.0 Å². The van der Waals surface area contributed by atoms with Gasteiger partial charge in [0, 0.05) is 18.2 Å². The van der Waals surface area contributed by atoms with Crippen LogP contribution in [0.1, 0.15) is 21.5 Å². The zero-order valence-corrected chi connectivity index (χ0v) is 13.3. The zero-order chi connectivity index (χ0) is 17.7. The van der Waals surface area contributed by atoms with E-state index in [4.69, 9.17) is 4.74 Å². The third-order valence-electron chi connectivity index (χ3n) is 3.52. The number of nitro benzene ring substituents is 1. The number of hydrogen-bond donors (Lipinski definition) is 1. The molecule has 0 aliphatic heterocycles. The molecule has 126 valence electrons. The van der Waals surface area contributed by atoms with Crippen LogP contribution >= 0.6 is 0 Å². The first-order valence-corrected chi connectivity index (χ1v) is 7.28. The Morgan fingerprint density at radius 1 is 1.29 bits per heavy atom. The number of benzene rings is 2. The van der Waals surface area contributed by atoms with Gasteiger partial charge in [-0.1, -0.05) is 17.7 Å². The van der Waals surface area contributed by atoms with Crippen LogP contribution in [0, 0.1) is 22.9 Å². The molecule has 2 aromatic rings. The number of ether oxygens (including phenoxy) is 1. The van der Waals surface area contributed by atoms with Crippen molar-refractivity contribution in [3.63, 3.8) is 0 Å². The third kappa shape index (κ3) is 4.07. The maximum Gasteiger partial charge on any atom is 0.305 e. The van der Waals surface area contributed by atoms with E-state index in [1.165, 1.54) is 6.07 Å². The van der Waals surface area contributed by atoms with Gasteiger partial charge in [0.2, 0.25) is 5.82 Å². The highest BCUT2D eigenvalue weighted by atomic mass is 19.1. The van der Waals surface area contributed by atoms with Crippen molar-refractivity contribution in [3.8, 4) is 5.75 Å². The normalized spacial score (nSPS) is 10.3. The van der Waals surface area contributed by atoms with Crippen LogP contribution in [-0.2, 0) is 6.42 Å². The molecule has 6 nitrogen and oxygen atoms in total. The van der Waals surface area contributed by atoms with Gasteiger partial charge in [-0.15, -0.1) is 0 Å². The van der Waals surface area contributed by atoms with Crippen molar-refractivity contribution < 1.29 is 18.8 Å². The van der Waals surface area contributed by atoms with Gasteiger partial charge in [-0.05, 0) is 37.1 Å². The van der Waals surface area contributed by atoms with E-state index in [-0.39, 0.29) is 5.56 Å². The van der Waals surface area contributed by atoms with Crippen molar-refractivity contribution in [1.29, 1.82) is 0 Å². The average Bonchev–Trinajstić information content (AvgIpc) is 2.55. The summed E-state index contributed by atoms with van der Waals surface area (Å²) in [6.45, 7) is 2.28. The Bertz CT molecular complexity index is 777. The molecule has 2 aromatic carbocycles. The predicted molar refractivity (Wildman–Crippen MR) is 86.8 cm³/mol. The van der Waals surface area contributed by atoms with Crippen LogP contribution in [-0.4, -0.2) is 24.5 Å². The minimum Gasteiger partial charge on any atom is -0.496 e. The molecular weight excluding hydrogens is 315 g/mol. The summed E-state index contributed by atoms with van der Waals surface area (Å²) in [7, 11) is 1.57. The summed E-state index contributed by atoms with van der Waals surface area (Å²) in [6, 6.07) is 8.81. The smallest absolute Gasteiger partial charge is 0.305 e. The van der Waals surface area contributed by atoms with Crippen molar-refractivity contribution in [2.24, 2.45) is 0 Å².